The zero-order valence-corrected chi connectivity index (χ0v) is 17.2. The first kappa shape index (κ1) is 21.8. The molecule has 3 aromatic rings. The van der Waals surface area contributed by atoms with Gasteiger partial charge >= 0.3 is 5.97 Å². The molecule has 0 unspecified atom stereocenters. The summed E-state index contributed by atoms with van der Waals surface area (Å²) in [6.45, 7) is 0. The zero-order chi connectivity index (χ0) is 23.9. The van der Waals surface area contributed by atoms with Crippen LogP contribution in [0.15, 0.2) is 42.5 Å². The van der Waals surface area contributed by atoms with Crippen molar-refractivity contribution in [2.45, 2.75) is 18.6 Å². The fraction of sp³-hybridized carbons (Fsp3) is 0.174. The molecule has 1 aliphatic heterocycles. The second kappa shape index (κ2) is 8.23. The van der Waals surface area contributed by atoms with Crippen LogP contribution in [0.1, 0.15) is 27.6 Å². The van der Waals surface area contributed by atoms with E-state index in [1.54, 1.807) is 0 Å². The SMILES string of the molecule is COc1cc(C(=O)O[C@@H]2Cc3c(O)cc(O)cc3O[C@@H]2c2ccc(O)c(O)c2)cc(O)c1O. The van der Waals surface area contributed by atoms with Crippen molar-refractivity contribution in [1.29, 1.82) is 0 Å². The van der Waals surface area contributed by atoms with Crippen LogP contribution < -0.4 is 9.47 Å². The Morgan fingerprint density at radius 2 is 1.67 bits per heavy atom. The molecule has 1 aliphatic rings. The highest BCUT2D eigenvalue weighted by Gasteiger charge is 2.37. The molecule has 0 aromatic heterocycles. The number of esters is 1. The summed E-state index contributed by atoms with van der Waals surface area (Å²) in [5.74, 6) is -3.26. The maximum Gasteiger partial charge on any atom is 0.338 e. The van der Waals surface area contributed by atoms with E-state index < -0.39 is 35.4 Å². The van der Waals surface area contributed by atoms with Gasteiger partial charge in [0.25, 0.3) is 0 Å². The summed E-state index contributed by atoms with van der Waals surface area (Å²) in [4.78, 5) is 12.9. The minimum atomic E-state index is -1.02. The van der Waals surface area contributed by atoms with Crippen LogP contribution in [0.4, 0.5) is 0 Å². The highest BCUT2D eigenvalue weighted by molar-refractivity contribution is 5.91. The molecule has 172 valence electrons. The number of carbonyl (C=O) groups is 1. The van der Waals surface area contributed by atoms with Crippen LogP contribution in [0.25, 0.3) is 0 Å². The predicted octanol–water partition coefficient (Wildman–Crippen LogP) is 2.83. The topological polar surface area (TPSA) is 166 Å². The average Bonchev–Trinajstić information content (AvgIpc) is 2.77. The highest BCUT2D eigenvalue weighted by atomic mass is 16.6. The summed E-state index contributed by atoms with van der Waals surface area (Å²) in [5.41, 5.74) is 0.522. The molecule has 1 heterocycles. The standard InChI is InChI=1S/C23H20O10/c1-31-19-6-11(5-17(28)21(19)29)23(30)33-20-9-13-15(26)7-12(24)8-18(13)32-22(20)10-2-3-14(25)16(27)4-10/h2-8,20,22,24-29H,9H2,1H3/t20-,22-/m1/s1. The smallest absolute Gasteiger partial charge is 0.338 e. The first-order chi connectivity index (χ1) is 15.7. The molecule has 10 nitrogen and oxygen atoms in total. The fourth-order valence-electron chi connectivity index (χ4n) is 3.62. The molecule has 0 aliphatic carbocycles. The Morgan fingerprint density at radius 3 is 2.36 bits per heavy atom. The number of hydrogen-bond acceptors (Lipinski definition) is 10. The number of ether oxygens (including phenoxy) is 3. The van der Waals surface area contributed by atoms with Crippen molar-refractivity contribution in [3.05, 3.63) is 59.2 Å². The number of benzene rings is 3. The van der Waals surface area contributed by atoms with E-state index in [0.29, 0.717) is 5.56 Å². The third-order valence-corrected chi connectivity index (χ3v) is 5.26. The number of methoxy groups -OCH3 is 1. The summed E-state index contributed by atoms with van der Waals surface area (Å²) < 4.78 is 16.5. The lowest BCUT2D eigenvalue weighted by atomic mass is 9.93. The van der Waals surface area contributed by atoms with Crippen molar-refractivity contribution < 1.29 is 49.6 Å². The van der Waals surface area contributed by atoms with Crippen LogP contribution in [0.5, 0.6) is 46.0 Å². The first-order valence-electron chi connectivity index (χ1n) is 9.72. The maximum absolute atomic E-state index is 12.9. The van der Waals surface area contributed by atoms with E-state index in [4.69, 9.17) is 14.2 Å². The summed E-state index contributed by atoms with van der Waals surface area (Å²) in [5, 5.41) is 59.3. The second-order valence-electron chi connectivity index (χ2n) is 7.42. The normalized spacial score (nSPS) is 17.0. The summed E-state index contributed by atoms with van der Waals surface area (Å²) >= 11 is 0. The van der Waals surface area contributed by atoms with Gasteiger partial charge in [0, 0.05) is 29.7 Å². The van der Waals surface area contributed by atoms with Crippen LogP contribution in [-0.2, 0) is 11.2 Å². The lowest BCUT2D eigenvalue weighted by molar-refractivity contribution is -0.0189. The Kier molecular flexibility index (Phi) is 5.42. The van der Waals surface area contributed by atoms with E-state index in [1.165, 1.54) is 37.4 Å². The largest absolute Gasteiger partial charge is 0.508 e. The minimum absolute atomic E-state index is 0.0132. The van der Waals surface area contributed by atoms with E-state index in [1.807, 2.05) is 0 Å². The van der Waals surface area contributed by atoms with Gasteiger partial charge in [0.1, 0.15) is 23.4 Å². The molecule has 0 fully saturated rings. The van der Waals surface area contributed by atoms with Gasteiger partial charge < -0.3 is 44.8 Å². The third-order valence-electron chi connectivity index (χ3n) is 5.26. The van der Waals surface area contributed by atoms with Crippen LogP contribution in [0, 0.1) is 0 Å². The number of carbonyl (C=O) groups excluding carboxylic acids is 1. The van der Waals surface area contributed by atoms with Gasteiger partial charge in [-0.05, 0) is 24.3 Å². The lowest BCUT2D eigenvalue weighted by Crippen LogP contribution is -2.34. The van der Waals surface area contributed by atoms with Crippen LogP contribution in [-0.4, -0.2) is 49.8 Å². The molecule has 33 heavy (non-hydrogen) atoms. The summed E-state index contributed by atoms with van der Waals surface area (Å²) in [6, 6.07) is 8.55. The van der Waals surface area contributed by atoms with E-state index in [2.05, 4.69) is 0 Å². The zero-order valence-electron chi connectivity index (χ0n) is 17.2. The Morgan fingerprint density at radius 1 is 0.909 bits per heavy atom. The van der Waals surface area contributed by atoms with Gasteiger partial charge in [0.05, 0.1) is 12.7 Å². The van der Waals surface area contributed by atoms with E-state index in [0.717, 1.165) is 12.1 Å². The third kappa shape index (κ3) is 4.05. The van der Waals surface area contributed by atoms with Gasteiger partial charge in [0.15, 0.2) is 29.1 Å². The van der Waals surface area contributed by atoms with Gasteiger partial charge in [-0.25, -0.2) is 4.79 Å². The van der Waals surface area contributed by atoms with Gasteiger partial charge in [-0.1, -0.05) is 6.07 Å². The molecule has 2 atom stereocenters. The summed E-state index contributed by atoms with van der Waals surface area (Å²) in [6.07, 6.45) is -2.02. The fourth-order valence-corrected chi connectivity index (χ4v) is 3.62. The number of hydrogen-bond donors (Lipinski definition) is 6. The Bertz CT molecular complexity index is 1240. The molecule has 6 N–H and O–H groups in total. The Hall–Kier alpha value is -4.47. The minimum Gasteiger partial charge on any atom is -0.508 e. The highest BCUT2D eigenvalue weighted by Crippen LogP contribution is 2.44. The van der Waals surface area contributed by atoms with Crippen LogP contribution in [0.2, 0.25) is 0 Å². The molecule has 10 heteroatoms. The van der Waals surface area contributed by atoms with E-state index in [-0.39, 0.29) is 46.3 Å². The summed E-state index contributed by atoms with van der Waals surface area (Å²) in [7, 11) is 1.25. The van der Waals surface area contributed by atoms with Gasteiger partial charge in [-0.2, -0.15) is 0 Å². The van der Waals surface area contributed by atoms with Crippen LogP contribution in [0.3, 0.4) is 0 Å². The Labute approximate surface area is 187 Å². The van der Waals surface area contributed by atoms with Gasteiger partial charge in [-0.3, -0.25) is 0 Å². The molecule has 0 saturated carbocycles. The molecule has 0 amide bonds. The van der Waals surface area contributed by atoms with Crippen LogP contribution >= 0.6 is 0 Å². The second-order valence-corrected chi connectivity index (χ2v) is 7.42. The van der Waals surface area contributed by atoms with Crippen molar-refractivity contribution in [2.24, 2.45) is 0 Å². The molecular formula is C23H20O10. The molecule has 0 saturated heterocycles. The number of rotatable bonds is 4. The molecule has 3 aromatic carbocycles. The quantitative estimate of drug-likeness (QED) is 0.254. The molecule has 4 rings (SSSR count). The number of fused-ring (bicyclic) bond motifs is 1. The number of aromatic hydroxyl groups is 6. The monoisotopic (exact) mass is 456 g/mol. The number of phenols is 6. The molecule has 0 bridgehead atoms. The maximum atomic E-state index is 12.9. The van der Waals surface area contributed by atoms with Gasteiger partial charge in [-0.15, -0.1) is 0 Å². The molecule has 0 spiro atoms. The predicted molar refractivity (Wildman–Crippen MR) is 112 cm³/mol. The number of phenolic OH excluding ortho intramolecular Hbond substituents is 6. The lowest BCUT2D eigenvalue weighted by Gasteiger charge is -2.34. The first-order valence-corrected chi connectivity index (χ1v) is 9.72. The van der Waals surface area contributed by atoms with E-state index in [9.17, 15) is 35.4 Å². The molecule has 0 radical (unpaired) electrons. The van der Waals surface area contributed by atoms with Crippen molar-refractivity contribution in [1.82, 2.24) is 0 Å². The van der Waals surface area contributed by atoms with E-state index >= 15 is 0 Å². The molecular weight excluding hydrogens is 436 g/mol. The average molecular weight is 456 g/mol. The van der Waals surface area contributed by atoms with Crippen molar-refractivity contribution in [2.75, 3.05) is 7.11 Å². The van der Waals surface area contributed by atoms with Crippen molar-refractivity contribution in [3.63, 3.8) is 0 Å². The Balaban J connectivity index is 1.72. The van der Waals surface area contributed by atoms with Crippen molar-refractivity contribution >= 4 is 5.97 Å². The van der Waals surface area contributed by atoms with Crippen molar-refractivity contribution in [3.8, 4) is 46.0 Å². The van der Waals surface area contributed by atoms with Gasteiger partial charge in [0.2, 0.25) is 5.75 Å².